The Morgan fingerprint density at radius 2 is 2.00 bits per heavy atom. The van der Waals surface area contributed by atoms with Crippen LogP contribution in [0, 0.1) is 0 Å². The second-order valence-electron chi connectivity index (χ2n) is 2.48. The molecular weight excluding hydrogens is 192 g/mol. The second kappa shape index (κ2) is 4.25. The minimum atomic E-state index is -1.23. The van der Waals surface area contributed by atoms with Crippen molar-refractivity contribution < 1.29 is 14.6 Å². The summed E-state index contributed by atoms with van der Waals surface area (Å²) < 4.78 is 4.37. The molecule has 0 saturated carbocycles. The Labute approximate surface area is 80.9 Å². The molecule has 4 heteroatoms. The Balaban J connectivity index is 2.83. The number of hydrogen-bond acceptors (Lipinski definition) is 3. The average Bonchev–Trinajstić information content (AvgIpc) is 2.17. The lowest BCUT2D eigenvalue weighted by atomic mass is 10.1. The van der Waals surface area contributed by atoms with Crippen LogP contribution >= 0.6 is 11.6 Å². The molecule has 0 bridgehead atoms. The van der Waals surface area contributed by atoms with Crippen LogP contribution in [0.4, 0.5) is 0 Å². The van der Waals surface area contributed by atoms with Crippen LogP contribution in [0.5, 0.6) is 0 Å². The van der Waals surface area contributed by atoms with Crippen molar-refractivity contribution in [3.63, 3.8) is 0 Å². The normalized spacial score (nSPS) is 12.2. The number of hydrogen-bond donors (Lipinski definition) is 1. The third kappa shape index (κ3) is 2.44. The van der Waals surface area contributed by atoms with Crippen LogP contribution < -0.4 is 0 Å². The first kappa shape index (κ1) is 10.0. The molecule has 0 saturated heterocycles. The number of ether oxygens (including phenoxy) is 1. The van der Waals surface area contributed by atoms with Crippen LogP contribution in [-0.4, -0.2) is 18.2 Å². The summed E-state index contributed by atoms with van der Waals surface area (Å²) in [6.45, 7) is 0. The van der Waals surface area contributed by atoms with E-state index in [1.807, 2.05) is 0 Å². The summed E-state index contributed by atoms with van der Waals surface area (Å²) in [5.41, 5.74) is 0.469. The van der Waals surface area contributed by atoms with Crippen molar-refractivity contribution in [2.75, 3.05) is 7.11 Å². The van der Waals surface area contributed by atoms with E-state index in [4.69, 9.17) is 11.6 Å². The maximum absolute atomic E-state index is 10.9. The van der Waals surface area contributed by atoms with Crippen LogP contribution in [0.1, 0.15) is 11.7 Å². The van der Waals surface area contributed by atoms with Gasteiger partial charge in [0.05, 0.1) is 7.11 Å². The van der Waals surface area contributed by atoms with Gasteiger partial charge in [0, 0.05) is 5.02 Å². The van der Waals surface area contributed by atoms with E-state index in [0.717, 1.165) is 0 Å². The summed E-state index contributed by atoms with van der Waals surface area (Å²) in [4.78, 5) is 10.9. The molecule has 0 fully saturated rings. The van der Waals surface area contributed by atoms with Crippen molar-refractivity contribution in [2.45, 2.75) is 6.10 Å². The number of aliphatic hydroxyl groups is 1. The molecule has 0 unspecified atom stereocenters. The van der Waals surface area contributed by atoms with Gasteiger partial charge in [-0.05, 0) is 17.7 Å². The monoisotopic (exact) mass is 200 g/mol. The number of esters is 1. The van der Waals surface area contributed by atoms with Gasteiger partial charge in [0.1, 0.15) is 0 Å². The zero-order valence-electron chi connectivity index (χ0n) is 7.03. The minimum absolute atomic E-state index is 0.469. The molecular formula is C9H9ClO3. The Hall–Kier alpha value is -1.06. The van der Waals surface area contributed by atoms with E-state index in [0.29, 0.717) is 10.6 Å². The smallest absolute Gasteiger partial charge is 0.339 e. The quantitative estimate of drug-likeness (QED) is 0.737. The van der Waals surface area contributed by atoms with Gasteiger partial charge in [-0.15, -0.1) is 0 Å². The maximum Gasteiger partial charge on any atom is 0.339 e. The van der Waals surface area contributed by atoms with Gasteiger partial charge in [-0.2, -0.15) is 0 Å². The molecule has 13 heavy (non-hydrogen) atoms. The largest absolute Gasteiger partial charge is 0.467 e. The third-order valence-electron chi connectivity index (χ3n) is 1.61. The predicted molar refractivity (Wildman–Crippen MR) is 48.4 cm³/mol. The summed E-state index contributed by atoms with van der Waals surface area (Å²) >= 11 is 5.63. The molecule has 70 valence electrons. The van der Waals surface area contributed by atoms with E-state index in [9.17, 15) is 9.90 Å². The van der Waals surface area contributed by atoms with Crippen molar-refractivity contribution >= 4 is 17.6 Å². The standard InChI is InChI=1S/C9H9ClO3/c1-13-9(12)8(11)6-2-4-7(10)5-3-6/h2-5,8,11H,1H3/t8-/m1/s1. The lowest BCUT2D eigenvalue weighted by molar-refractivity contribution is -0.150. The molecule has 1 N–H and O–H groups in total. The number of rotatable bonds is 2. The van der Waals surface area contributed by atoms with Crippen molar-refractivity contribution in [1.29, 1.82) is 0 Å². The molecule has 1 aromatic carbocycles. The summed E-state index contributed by atoms with van der Waals surface area (Å²) in [7, 11) is 1.22. The molecule has 0 aliphatic heterocycles. The summed E-state index contributed by atoms with van der Waals surface area (Å²) in [6, 6.07) is 6.35. The van der Waals surface area contributed by atoms with Crippen molar-refractivity contribution in [3.05, 3.63) is 34.9 Å². The van der Waals surface area contributed by atoms with Crippen LogP contribution in [0.25, 0.3) is 0 Å². The van der Waals surface area contributed by atoms with E-state index >= 15 is 0 Å². The van der Waals surface area contributed by atoms with Crippen molar-refractivity contribution in [3.8, 4) is 0 Å². The molecule has 0 amide bonds. The fraction of sp³-hybridized carbons (Fsp3) is 0.222. The highest BCUT2D eigenvalue weighted by Gasteiger charge is 2.16. The highest BCUT2D eigenvalue weighted by atomic mass is 35.5. The molecule has 3 nitrogen and oxygen atoms in total. The number of methoxy groups -OCH3 is 1. The van der Waals surface area contributed by atoms with Crippen LogP contribution in [0.15, 0.2) is 24.3 Å². The second-order valence-corrected chi connectivity index (χ2v) is 2.91. The van der Waals surface area contributed by atoms with E-state index in [1.54, 1.807) is 24.3 Å². The molecule has 0 aliphatic rings. The van der Waals surface area contributed by atoms with Gasteiger partial charge in [0.15, 0.2) is 6.10 Å². The lowest BCUT2D eigenvalue weighted by Crippen LogP contribution is -2.13. The molecule has 1 atom stereocenters. The molecule has 1 aromatic rings. The van der Waals surface area contributed by atoms with Gasteiger partial charge in [-0.3, -0.25) is 0 Å². The van der Waals surface area contributed by atoms with E-state index in [1.165, 1.54) is 7.11 Å². The Bertz CT molecular complexity index is 294. The van der Waals surface area contributed by atoms with Crippen LogP contribution in [0.2, 0.25) is 5.02 Å². The van der Waals surface area contributed by atoms with Crippen molar-refractivity contribution in [1.82, 2.24) is 0 Å². The van der Waals surface area contributed by atoms with Crippen molar-refractivity contribution in [2.24, 2.45) is 0 Å². The summed E-state index contributed by atoms with van der Waals surface area (Å²) in [6.07, 6.45) is -1.23. The minimum Gasteiger partial charge on any atom is -0.467 e. The molecule has 0 spiro atoms. The van der Waals surface area contributed by atoms with Crippen LogP contribution in [0.3, 0.4) is 0 Å². The van der Waals surface area contributed by atoms with Gasteiger partial charge in [0.25, 0.3) is 0 Å². The van der Waals surface area contributed by atoms with E-state index in [2.05, 4.69) is 4.74 Å². The fourth-order valence-electron chi connectivity index (χ4n) is 0.893. The Kier molecular flexibility index (Phi) is 3.28. The molecule has 0 heterocycles. The molecule has 0 aromatic heterocycles. The Morgan fingerprint density at radius 3 is 2.46 bits per heavy atom. The number of carbonyl (C=O) groups is 1. The topological polar surface area (TPSA) is 46.5 Å². The zero-order valence-corrected chi connectivity index (χ0v) is 7.78. The number of carbonyl (C=O) groups excluding carboxylic acids is 1. The first-order valence-corrected chi connectivity index (χ1v) is 4.04. The number of halogens is 1. The molecule has 1 rings (SSSR count). The SMILES string of the molecule is COC(=O)[C@H](O)c1ccc(Cl)cc1. The predicted octanol–water partition coefficient (Wildman–Crippen LogP) is 1.55. The molecule has 0 radical (unpaired) electrons. The molecule has 0 aliphatic carbocycles. The first-order valence-electron chi connectivity index (χ1n) is 3.66. The number of benzene rings is 1. The van der Waals surface area contributed by atoms with Crippen LogP contribution in [-0.2, 0) is 9.53 Å². The highest BCUT2D eigenvalue weighted by molar-refractivity contribution is 6.30. The summed E-state index contributed by atoms with van der Waals surface area (Å²) in [5, 5.41) is 9.92. The van der Waals surface area contributed by atoms with E-state index in [-0.39, 0.29) is 0 Å². The average molecular weight is 201 g/mol. The van der Waals surface area contributed by atoms with Gasteiger partial charge in [-0.25, -0.2) is 4.79 Å². The van der Waals surface area contributed by atoms with Gasteiger partial charge in [-0.1, -0.05) is 23.7 Å². The third-order valence-corrected chi connectivity index (χ3v) is 1.86. The zero-order chi connectivity index (χ0) is 9.84. The Morgan fingerprint density at radius 1 is 1.46 bits per heavy atom. The highest BCUT2D eigenvalue weighted by Crippen LogP contribution is 2.16. The van der Waals surface area contributed by atoms with Gasteiger partial charge in [0.2, 0.25) is 0 Å². The van der Waals surface area contributed by atoms with Gasteiger partial charge < -0.3 is 9.84 Å². The first-order chi connectivity index (χ1) is 6.15. The maximum atomic E-state index is 10.9. The number of aliphatic hydroxyl groups excluding tert-OH is 1. The van der Waals surface area contributed by atoms with Gasteiger partial charge >= 0.3 is 5.97 Å². The summed E-state index contributed by atoms with van der Waals surface area (Å²) in [5.74, 6) is -0.678. The van der Waals surface area contributed by atoms with E-state index < -0.39 is 12.1 Å². The fourth-order valence-corrected chi connectivity index (χ4v) is 1.02. The lowest BCUT2D eigenvalue weighted by Gasteiger charge is -2.07.